The third-order valence-corrected chi connectivity index (χ3v) is 14.4. The summed E-state index contributed by atoms with van der Waals surface area (Å²) in [7, 11) is 0. The van der Waals surface area contributed by atoms with Gasteiger partial charge in [0.15, 0.2) is 0 Å². The van der Waals surface area contributed by atoms with Crippen molar-refractivity contribution in [3.63, 3.8) is 0 Å². The van der Waals surface area contributed by atoms with Crippen LogP contribution in [0.25, 0.3) is 58.8 Å². The molecule has 260 valence electrons. The van der Waals surface area contributed by atoms with E-state index in [-0.39, 0.29) is 17.6 Å². The molecule has 3 aliphatic carbocycles. The van der Waals surface area contributed by atoms with Gasteiger partial charge in [0.25, 0.3) is 0 Å². The fourth-order valence-electron chi connectivity index (χ4n) is 10.9. The average molecular weight is 725 g/mol. The number of ether oxygens (including phenoxy) is 2. The van der Waals surface area contributed by atoms with Gasteiger partial charge >= 0.3 is 0 Å². The Balaban J connectivity index is 0.965. The zero-order chi connectivity index (χ0) is 35.6. The van der Waals surface area contributed by atoms with E-state index in [2.05, 4.69) is 161 Å². The molecule has 6 aromatic carbocycles. The van der Waals surface area contributed by atoms with Crippen molar-refractivity contribution < 1.29 is 9.47 Å². The van der Waals surface area contributed by atoms with Gasteiger partial charge in [-0.25, -0.2) is 0 Å². The number of fused-ring (bicyclic) bond motifs is 16. The number of nitrogens with zero attached hydrogens (tertiary/aromatic N) is 2. The van der Waals surface area contributed by atoms with Crippen LogP contribution in [0.15, 0.2) is 157 Å². The predicted octanol–water partition coefficient (Wildman–Crippen LogP) is 12.6. The van der Waals surface area contributed by atoms with Crippen LogP contribution in [0.1, 0.15) is 35.4 Å². The van der Waals surface area contributed by atoms with Gasteiger partial charge in [-0.05, 0) is 84.8 Å². The minimum Gasteiger partial charge on any atom is -0.485 e. The molecule has 2 aromatic heterocycles. The van der Waals surface area contributed by atoms with Crippen molar-refractivity contribution in [1.29, 1.82) is 0 Å². The molecule has 4 nitrogen and oxygen atoms in total. The Morgan fingerprint density at radius 2 is 1.55 bits per heavy atom. The normalized spacial score (nSPS) is 23.7. The third-order valence-electron chi connectivity index (χ3n) is 13.2. The molecule has 14 rings (SSSR count). The molecule has 2 bridgehead atoms. The van der Waals surface area contributed by atoms with Crippen LogP contribution in [-0.2, 0) is 0 Å². The molecule has 4 atom stereocenters. The molecule has 5 heteroatoms. The zero-order valence-electron chi connectivity index (χ0n) is 29.7. The van der Waals surface area contributed by atoms with Crippen molar-refractivity contribution >= 4 is 81.5 Å². The number of rotatable bonds is 2. The fourth-order valence-corrected chi connectivity index (χ4v) is 12.0. The van der Waals surface area contributed by atoms with Gasteiger partial charge in [-0.15, -0.1) is 11.3 Å². The van der Waals surface area contributed by atoms with E-state index in [0.29, 0.717) is 5.92 Å². The second kappa shape index (κ2) is 10.1. The largest absolute Gasteiger partial charge is 0.485 e. The van der Waals surface area contributed by atoms with Gasteiger partial charge in [-0.1, -0.05) is 78.9 Å². The summed E-state index contributed by atoms with van der Waals surface area (Å²) < 4.78 is 18.9. The first-order valence-corrected chi connectivity index (χ1v) is 20.2. The number of thiophene rings is 1. The number of hydrogen-bond acceptors (Lipinski definition) is 4. The highest BCUT2D eigenvalue weighted by molar-refractivity contribution is 7.25. The first-order chi connectivity index (χ1) is 27.2. The second-order valence-electron chi connectivity index (χ2n) is 15.9. The molecule has 0 amide bonds. The van der Waals surface area contributed by atoms with Gasteiger partial charge < -0.3 is 18.9 Å². The number of allylic oxidation sites excluding steroid dienone is 3. The van der Waals surface area contributed by atoms with E-state index < -0.39 is 0 Å². The average Bonchev–Trinajstić information content (AvgIpc) is 3.50. The van der Waals surface area contributed by atoms with Gasteiger partial charge in [-0.2, -0.15) is 0 Å². The third kappa shape index (κ3) is 3.63. The minimum atomic E-state index is -0.177. The Bertz CT molecular complexity index is 3210. The van der Waals surface area contributed by atoms with Crippen LogP contribution in [0.5, 0.6) is 11.5 Å². The van der Waals surface area contributed by atoms with Gasteiger partial charge in [0, 0.05) is 83.2 Å². The van der Waals surface area contributed by atoms with Crippen LogP contribution in [0.2, 0.25) is 0 Å². The lowest BCUT2D eigenvalue weighted by Crippen LogP contribution is -2.31. The molecule has 1 fully saturated rings. The number of hydrogen-bond donors (Lipinski definition) is 0. The van der Waals surface area contributed by atoms with Crippen molar-refractivity contribution in [2.45, 2.75) is 30.4 Å². The van der Waals surface area contributed by atoms with Crippen molar-refractivity contribution in [2.75, 3.05) is 4.90 Å². The van der Waals surface area contributed by atoms with Gasteiger partial charge in [0.1, 0.15) is 23.4 Å². The Hall–Kier alpha value is -6.30. The number of para-hydroxylation sites is 3. The molecule has 4 unspecified atom stereocenters. The Labute approximate surface area is 321 Å². The Kier molecular flexibility index (Phi) is 5.32. The number of aromatic nitrogens is 1. The summed E-state index contributed by atoms with van der Waals surface area (Å²) in [5.74, 6) is 3.62. The minimum absolute atomic E-state index is 0.0212. The van der Waals surface area contributed by atoms with Crippen LogP contribution in [0.4, 0.5) is 11.4 Å². The van der Waals surface area contributed by atoms with Crippen molar-refractivity contribution in [3.05, 3.63) is 174 Å². The predicted molar refractivity (Wildman–Crippen MR) is 225 cm³/mol. The van der Waals surface area contributed by atoms with E-state index in [4.69, 9.17) is 9.47 Å². The first kappa shape index (κ1) is 29.1. The highest BCUT2D eigenvalue weighted by Crippen LogP contribution is 2.70. The molecule has 0 radical (unpaired) electrons. The molecule has 0 saturated heterocycles. The van der Waals surface area contributed by atoms with Crippen LogP contribution in [0, 0.1) is 5.92 Å². The zero-order valence-corrected chi connectivity index (χ0v) is 30.5. The molecule has 6 aliphatic rings. The highest BCUT2D eigenvalue weighted by Gasteiger charge is 2.66. The summed E-state index contributed by atoms with van der Waals surface area (Å²) in [5.41, 5.74) is 12.4. The standard InChI is InChI=1S/C50H32N2O2S/c1-5-13-39-35(11-1)47-41(51(39)30-17-21-43-37(25-30)33-9-3-7-15-42(33)53-43)20-19-32-28-23-29-27-50(29)48(44(24-28)54-49(32)47)36-12-2-6-14-40(36)52(50)31-18-22-46-38(26-31)34-10-4-8-16-45(34)55-46/h1-23,25-26,29,37,43H,24,27H2. The summed E-state index contributed by atoms with van der Waals surface area (Å²) in [6.45, 7) is 0. The fraction of sp³-hybridized carbons (Fsp3) is 0.120. The molecule has 55 heavy (non-hydrogen) atoms. The van der Waals surface area contributed by atoms with Crippen molar-refractivity contribution in [1.82, 2.24) is 4.57 Å². The van der Waals surface area contributed by atoms with Gasteiger partial charge in [-0.3, -0.25) is 0 Å². The summed E-state index contributed by atoms with van der Waals surface area (Å²) in [5, 5.41) is 5.06. The maximum absolute atomic E-state index is 7.43. The van der Waals surface area contributed by atoms with E-state index in [9.17, 15) is 0 Å². The summed E-state index contributed by atoms with van der Waals surface area (Å²) in [6.07, 6.45) is 11.4. The lowest BCUT2D eigenvalue weighted by molar-refractivity contribution is 0.269. The van der Waals surface area contributed by atoms with Crippen LogP contribution >= 0.6 is 11.3 Å². The van der Waals surface area contributed by atoms with Crippen LogP contribution in [-0.4, -0.2) is 16.2 Å². The number of anilines is 2. The van der Waals surface area contributed by atoms with E-state index in [1.165, 1.54) is 75.7 Å². The van der Waals surface area contributed by atoms with Crippen molar-refractivity contribution in [3.8, 4) is 11.5 Å². The Morgan fingerprint density at radius 1 is 0.709 bits per heavy atom. The van der Waals surface area contributed by atoms with Gasteiger partial charge in [0.05, 0.1) is 22.0 Å². The molecule has 1 saturated carbocycles. The van der Waals surface area contributed by atoms with Crippen LogP contribution < -0.4 is 14.4 Å². The molecular formula is C50H32N2O2S. The number of benzene rings is 6. The quantitative estimate of drug-likeness (QED) is 0.178. The first-order valence-electron chi connectivity index (χ1n) is 19.4. The monoisotopic (exact) mass is 724 g/mol. The van der Waals surface area contributed by atoms with Crippen LogP contribution in [0.3, 0.4) is 0 Å². The van der Waals surface area contributed by atoms with E-state index in [1.807, 2.05) is 11.3 Å². The van der Waals surface area contributed by atoms with Crippen molar-refractivity contribution in [2.24, 2.45) is 5.92 Å². The molecule has 0 N–H and O–H groups in total. The highest BCUT2D eigenvalue weighted by atomic mass is 32.1. The molecule has 3 aliphatic heterocycles. The Morgan fingerprint density at radius 3 is 2.53 bits per heavy atom. The summed E-state index contributed by atoms with van der Waals surface area (Å²) >= 11 is 1.88. The second-order valence-corrected chi connectivity index (χ2v) is 17.0. The summed E-state index contributed by atoms with van der Waals surface area (Å²) in [4.78, 5) is 2.66. The molecular weight excluding hydrogens is 693 g/mol. The van der Waals surface area contributed by atoms with E-state index in [0.717, 1.165) is 41.3 Å². The summed E-state index contributed by atoms with van der Waals surface area (Å²) in [6, 6.07) is 46.9. The molecule has 1 spiro atoms. The van der Waals surface area contributed by atoms with E-state index >= 15 is 0 Å². The maximum atomic E-state index is 7.43. The molecule has 8 aromatic rings. The lowest BCUT2D eigenvalue weighted by Gasteiger charge is -2.30. The van der Waals surface area contributed by atoms with E-state index in [1.54, 1.807) is 0 Å². The topological polar surface area (TPSA) is 26.6 Å². The SMILES string of the molecule is C1=CC2Oc3ccccc3C2C=C1n1c2ccccc2c2c3c(ccc21)C1=CC2CC24C(=C(C1)O3)c1ccccc1N4c1ccc2sc3ccccc3c2c1. The maximum Gasteiger partial charge on any atom is 0.144 e. The lowest BCUT2D eigenvalue weighted by atomic mass is 9.91. The van der Waals surface area contributed by atoms with Gasteiger partial charge in [0.2, 0.25) is 0 Å². The smallest absolute Gasteiger partial charge is 0.144 e. The molecule has 5 heterocycles.